The molecule has 0 aliphatic heterocycles. The van der Waals surface area contributed by atoms with E-state index in [9.17, 15) is 0 Å². The zero-order chi connectivity index (χ0) is 5.28. The summed E-state index contributed by atoms with van der Waals surface area (Å²) in [5, 5.41) is 8.84. The van der Waals surface area contributed by atoms with Crippen molar-refractivity contribution < 1.29 is 5.11 Å². The maximum atomic E-state index is 8.84. The van der Waals surface area contributed by atoms with Gasteiger partial charge in [0.15, 0.2) is 0 Å². The minimum atomic E-state index is 0.254. The van der Waals surface area contributed by atoms with Crippen LogP contribution in [0.25, 0.3) is 0 Å². The third-order valence-corrected chi connectivity index (χ3v) is 2.55. The molecule has 7 heavy (non-hydrogen) atoms. The summed E-state index contributed by atoms with van der Waals surface area (Å²) in [6, 6.07) is 1.95. The normalized spacial score (nSPS) is 9.29. The van der Waals surface area contributed by atoms with Gasteiger partial charge in [0.05, 0.1) is 0 Å². The molecule has 1 heterocycles. The summed E-state index contributed by atoms with van der Waals surface area (Å²) in [6.45, 7) is 1.92. The fourth-order valence-corrected chi connectivity index (χ4v) is 1.74. The summed E-state index contributed by atoms with van der Waals surface area (Å²) >= 11 is 0.254. The number of hydrogen-bond acceptors (Lipinski definition) is 1. The van der Waals surface area contributed by atoms with Crippen LogP contribution in [0.15, 0.2) is 11.0 Å². The maximum absolute atomic E-state index is 8.84. The Morgan fingerprint density at radius 3 is 2.57 bits per heavy atom. The molecule has 0 bridgehead atoms. The van der Waals surface area contributed by atoms with E-state index in [4.69, 9.17) is 5.11 Å². The quantitative estimate of drug-likeness (QED) is 0.557. The van der Waals surface area contributed by atoms with E-state index in [1.54, 1.807) is 0 Å². The van der Waals surface area contributed by atoms with E-state index in [1.807, 2.05) is 17.9 Å². The van der Waals surface area contributed by atoms with Crippen molar-refractivity contribution >= 4 is 14.5 Å². The van der Waals surface area contributed by atoms with E-state index in [2.05, 4.69) is 0 Å². The van der Waals surface area contributed by atoms with Crippen molar-refractivity contribution in [1.82, 2.24) is 0 Å². The Balaban J connectivity index is 3.12. The average molecular weight is 161 g/mol. The van der Waals surface area contributed by atoms with Crippen LogP contribution in [0.5, 0.6) is 4.62 Å². The van der Waals surface area contributed by atoms with Gasteiger partial charge in [0.2, 0.25) is 0 Å². The molecule has 0 unspecified atom stereocenters. The molecule has 2 heteroatoms. The van der Waals surface area contributed by atoms with Gasteiger partial charge in [0.25, 0.3) is 0 Å². The van der Waals surface area contributed by atoms with Gasteiger partial charge in [-0.1, -0.05) is 0 Å². The second-order valence-electron chi connectivity index (χ2n) is 1.41. The Bertz CT molecular complexity index is 140. The van der Waals surface area contributed by atoms with E-state index < -0.39 is 0 Å². The van der Waals surface area contributed by atoms with Crippen LogP contribution in [0.2, 0.25) is 0 Å². The van der Waals surface area contributed by atoms with Gasteiger partial charge in [0, 0.05) is 0 Å². The Morgan fingerprint density at radius 2 is 2.43 bits per heavy atom. The van der Waals surface area contributed by atoms with Crippen molar-refractivity contribution in [3.8, 4) is 4.62 Å². The molecular weight excluding hydrogens is 155 g/mol. The SMILES string of the molecule is Cc1cc[se]c1O. The van der Waals surface area contributed by atoms with Gasteiger partial charge in [-0.25, -0.2) is 0 Å². The van der Waals surface area contributed by atoms with Gasteiger partial charge in [-0.3, -0.25) is 0 Å². The van der Waals surface area contributed by atoms with Crippen LogP contribution in [0.4, 0.5) is 0 Å². The molecule has 0 aromatic carbocycles. The molecule has 0 fully saturated rings. The molecule has 1 N–H and O–H groups in total. The molecule has 0 amide bonds. The topological polar surface area (TPSA) is 20.2 Å². The van der Waals surface area contributed by atoms with Crippen molar-refractivity contribution in [3.63, 3.8) is 0 Å². The van der Waals surface area contributed by atoms with Crippen LogP contribution < -0.4 is 0 Å². The van der Waals surface area contributed by atoms with Crippen LogP contribution in [-0.2, 0) is 0 Å². The van der Waals surface area contributed by atoms with Gasteiger partial charge >= 0.3 is 47.7 Å². The molecule has 0 spiro atoms. The first-order valence-corrected chi connectivity index (χ1v) is 3.88. The molecule has 1 rings (SSSR count). The van der Waals surface area contributed by atoms with Crippen molar-refractivity contribution in [2.45, 2.75) is 6.92 Å². The fourth-order valence-electron chi connectivity index (χ4n) is 0.365. The zero-order valence-electron chi connectivity index (χ0n) is 4.01. The first kappa shape index (κ1) is 4.95. The number of aryl methyl sites for hydroxylation is 1. The molecule has 0 atom stereocenters. The van der Waals surface area contributed by atoms with Gasteiger partial charge in [-0.05, 0) is 0 Å². The van der Waals surface area contributed by atoms with Crippen molar-refractivity contribution in [3.05, 3.63) is 16.6 Å². The Morgan fingerprint density at radius 1 is 1.71 bits per heavy atom. The Hall–Kier alpha value is -0.201. The van der Waals surface area contributed by atoms with Crippen molar-refractivity contribution in [2.75, 3.05) is 0 Å². The molecular formula is C5H6OSe. The predicted molar refractivity (Wildman–Crippen MR) is 29.8 cm³/mol. The number of rotatable bonds is 0. The van der Waals surface area contributed by atoms with E-state index in [-0.39, 0.29) is 14.5 Å². The van der Waals surface area contributed by atoms with Crippen LogP contribution in [0.3, 0.4) is 0 Å². The molecule has 0 radical (unpaired) electrons. The average Bonchev–Trinajstić information content (AvgIpc) is 1.91. The predicted octanol–water partition coefficient (Wildman–Crippen LogP) is 0.758. The van der Waals surface area contributed by atoms with Crippen molar-refractivity contribution in [1.29, 1.82) is 0 Å². The molecule has 1 aromatic rings. The number of aromatic hydroxyl groups is 1. The second kappa shape index (κ2) is 1.73. The molecule has 0 saturated heterocycles. The Labute approximate surface area is 48.3 Å². The summed E-state index contributed by atoms with van der Waals surface area (Å²) < 4.78 is 0.576. The van der Waals surface area contributed by atoms with Crippen LogP contribution >= 0.6 is 0 Å². The molecule has 0 saturated carbocycles. The van der Waals surface area contributed by atoms with Crippen molar-refractivity contribution in [2.24, 2.45) is 0 Å². The van der Waals surface area contributed by atoms with Gasteiger partial charge in [0.1, 0.15) is 0 Å². The van der Waals surface area contributed by atoms with Gasteiger partial charge in [-0.2, -0.15) is 0 Å². The zero-order valence-corrected chi connectivity index (χ0v) is 5.72. The Kier molecular flexibility index (Phi) is 1.22. The van der Waals surface area contributed by atoms with Gasteiger partial charge in [-0.15, -0.1) is 0 Å². The van der Waals surface area contributed by atoms with Crippen LogP contribution in [0, 0.1) is 6.92 Å². The summed E-state index contributed by atoms with van der Waals surface area (Å²) in [4.78, 5) is 2.01. The van der Waals surface area contributed by atoms with Gasteiger partial charge < -0.3 is 0 Å². The molecule has 1 aromatic heterocycles. The monoisotopic (exact) mass is 162 g/mol. The minimum absolute atomic E-state index is 0.254. The third kappa shape index (κ3) is 0.872. The fraction of sp³-hybridized carbons (Fsp3) is 0.200. The molecule has 0 aliphatic carbocycles. The second-order valence-corrected chi connectivity index (χ2v) is 3.29. The van der Waals surface area contributed by atoms with Crippen LogP contribution in [-0.4, -0.2) is 19.6 Å². The molecule has 0 aliphatic rings. The summed E-state index contributed by atoms with van der Waals surface area (Å²) in [7, 11) is 0. The summed E-state index contributed by atoms with van der Waals surface area (Å²) in [5.41, 5.74) is 1.03. The van der Waals surface area contributed by atoms with E-state index in [1.165, 1.54) is 0 Å². The summed E-state index contributed by atoms with van der Waals surface area (Å²) in [5.74, 6) is 0. The standard InChI is InChI=1S/C5H6OSe/c1-4-2-3-7-5(4)6/h2-3,6H,1H3. The first-order chi connectivity index (χ1) is 3.30. The molecule has 38 valence electrons. The van der Waals surface area contributed by atoms with Crippen LogP contribution in [0.1, 0.15) is 5.56 Å². The third-order valence-electron chi connectivity index (χ3n) is 0.835. The summed E-state index contributed by atoms with van der Waals surface area (Å²) in [6.07, 6.45) is 0. The molecule has 1 nitrogen and oxygen atoms in total. The first-order valence-electron chi connectivity index (χ1n) is 2.04. The van der Waals surface area contributed by atoms with E-state index in [0.717, 1.165) is 5.56 Å². The van der Waals surface area contributed by atoms with E-state index in [0.29, 0.717) is 4.62 Å². The number of hydrogen-bond donors (Lipinski definition) is 1. The van der Waals surface area contributed by atoms with E-state index >= 15 is 0 Å².